The Labute approximate surface area is 120 Å². The number of aromatic amines is 1. The molecule has 21 heavy (non-hydrogen) atoms. The number of aromatic nitrogens is 2. The van der Waals surface area contributed by atoms with E-state index in [-0.39, 0.29) is 5.78 Å². The number of benzene rings is 1. The van der Waals surface area contributed by atoms with E-state index in [1.807, 2.05) is 12.1 Å². The Morgan fingerprint density at radius 1 is 1.33 bits per heavy atom. The zero-order valence-electron chi connectivity index (χ0n) is 11.6. The van der Waals surface area contributed by atoms with E-state index in [1.165, 1.54) is 6.39 Å². The van der Waals surface area contributed by atoms with Gasteiger partial charge in [-0.15, -0.1) is 0 Å². The Balaban J connectivity index is 2.02. The lowest BCUT2D eigenvalue weighted by molar-refractivity contribution is 0.0974. The molecule has 0 saturated heterocycles. The minimum Gasteiger partial charge on any atom is -0.496 e. The minimum atomic E-state index is 0.205. The lowest BCUT2D eigenvalue weighted by Gasteiger charge is -2.10. The molecule has 0 aliphatic heterocycles. The number of rotatable bonds is 2. The van der Waals surface area contributed by atoms with E-state index in [0.29, 0.717) is 17.9 Å². The van der Waals surface area contributed by atoms with Gasteiger partial charge in [0.2, 0.25) is 0 Å². The fourth-order valence-corrected chi connectivity index (χ4v) is 3.04. The summed E-state index contributed by atoms with van der Waals surface area (Å²) in [4.78, 5) is 19.5. The molecule has 5 nitrogen and oxygen atoms in total. The topological polar surface area (TPSA) is 68.1 Å². The minimum absolute atomic E-state index is 0.205. The van der Waals surface area contributed by atoms with E-state index in [4.69, 9.17) is 9.15 Å². The molecule has 0 spiro atoms. The number of hydrogen-bond acceptors (Lipinski definition) is 4. The van der Waals surface area contributed by atoms with Gasteiger partial charge < -0.3 is 14.1 Å². The molecule has 1 aliphatic rings. The van der Waals surface area contributed by atoms with Crippen molar-refractivity contribution < 1.29 is 13.9 Å². The average molecular weight is 282 g/mol. The summed E-state index contributed by atoms with van der Waals surface area (Å²) in [6.07, 6.45) is 5.46. The SMILES string of the molecule is COc1cc2[nH]c3c(c2cc1-c1cnco1)C(=O)CCC3. The van der Waals surface area contributed by atoms with Gasteiger partial charge in [0.25, 0.3) is 0 Å². The number of aryl methyl sites for hydroxylation is 1. The van der Waals surface area contributed by atoms with E-state index in [2.05, 4.69) is 9.97 Å². The van der Waals surface area contributed by atoms with Crippen molar-refractivity contribution in [3.8, 4) is 17.1 Å². The number of hydrogen-bond donors (Lipinski definition) is 1. The first-order valence-corrected chi connectivity index (χ1v) is 6.92. The Bertz CT molecular complexity index is 831. The molecule has 0 saturated carbocycles. The molecule has 106 valence electrons. The van der Waals surface area contributed by atoms with Crippen LogP contribution in [0.4, 0.5) is 0 Å². The summed E-state index contributed by atoms with van der Waals surface area (Å²) in [5, 5.41) is 0.932. The summed E-state index contributed by atoms with van der Waals surface area (Å²) >= 11 is 0. The van der Waals surface area contributed by atoms with E-state index in [1.54, 1.807) is 13.3 Å². The first kappa shape index (κ1) is 12.2. The van der Waals surface area contributed by atoms with Crippen LogP contribution in [-0.4, -0.2) is 22.9 Å². The van der Waals surface area contributed by atoms with Crippen LogP contribution in [0.2, 0.25) is 0 Å². The van der Waals surface area contributed by atoms with Gasteiger partial charge in [-0.2, -0.15) is 0 Å². The van der Waals surface area contributed by atoms with Crippen LogP contribution in [0.15, 0.2) is 29.1 Å². The Kier molecular flexibility index (Phi) is 2.60. The quantitative estimate of drug-likeness (QED) is 0.782. The third-order valence-corrected chi connectivity index (χ3v) is 4.00. The number of nitrogens with zero attached hydrogens (tertiary/aromatic N) is 1. The Hall–Kier alpha value is -2.56. The van der Waals surface area contributed by atoms with Gasteiger partial charge in [0.1, 0.15) is 5.75 Å². The molecule has 1 aromatic carbocycles. The number of carbonyl (C=O) groups is 1. The molecule has 1 N–H and O–H groups in total. The van der Waals surface area contributed by atoms with Gasteiger partial charge in [0.15, 0.2) is 17.9 Å². The molecular formula is C16H14N2O3. The number of methoxy groups -OCH3 is 1. The van der Waals surface area contributed by atoms with Crippen LogP contribution in [0.5, 0.6) is 5.75 Å². The van der Waals surface area contributed by atoms with Gasteiger partial charge in [0, 0.05) is 29.1 Å². The van der Waals surface area contributed by atoms with Gasteiger partial charge in [-0.1, -0.05) is 0 Å². The second kappa shape index (κ2) is 4.48. The van der Waals surface area contributed by atoms with Gasteiger partial charge in [-0.3, -0.25) is 4.79 Å². The molecule has 0 radical (unpaired) electrons. The molecule has 0 amide bonds. The molecular weight excluding hydrogens is 268 g/mol. The predicted octanol–water partition coefficient (Wildman–Crippen LogP) is 3.35. The zero-order chi connectivity index (χ0) is 14.4. The maximum absolute atomic E-state index is 12.2. The number of nitrogens with one attached hydrogen (secondary N) is 1. The normalized spacial score (nSPS) is 14.4. The third kappa shape index (κ3) is 1.77. The molecule has 1 aliphatic carbocycles. The van der Waals surface area contributed by atoms with Crippen LogP contribution in [-0.2, 0) is 6.42 Å². The lowest BCUT2D eigenvalue weighted by Crippen LogP contribution is -2.09. The summed E-state index contributed by atoms with van der Waals surface area (Å²) in [5.74, 6) is 1.54. The highest BCUT2D eigenvalue weighted by molar-refractivity contribution is 6.11. The summed E-state index contributed by atoms with van der Waals surface area (Å²) in [6, 6.07) is 3.87. The molecule has 4 rings (SSSR count). The maximum atomic E-state index is 12.2. The van der Waals surface area contributed by atoms with Crippen molar-refractivity contribution in [2.75, 3.05) is 7.11 Å². The smallest absolute Gasteiger partial charge is 0.181 e. The standard InChI is InChI=1S/C16H14N2O3/c1-20-14-6-12-9(5-10(14)15-7-17-8-21-15)16-11(18-12)3-2-4-13(16)19/h5-8,18H,2-4H2,1H3. The first-order chi connectivity index (χ1) is 10.3. The number of carbonyl (C=O) groups excluding carboxylic acids is 1. The fraction of sp³-hybridized carbons (Fsp3) is 0.250. The van der Waals surface area contributed by atoms with Crippen molar-refractivity contribution in [1.82, 2.24) is 9.97 Å². The van der Waals surface area contributed by atoms with Crippen molar-refractivity contribution in [1.29, 1.82) is 0 Å². The van der Waals surface area contributed by atoms with Gasteiger partial charge in [-0.25, -0.2) is 4.98 Å². The summed E-state index contributed by atoms with van der Waals surface area (Å²) < 4.78 is 10.8. The third-order valence-electron chi connectivity index (χ3n) is 4.00. The van der Waals surface area contributed by atoms with E-state index in [9.17, 15) is 4.79 Å². The van der Waals surface area contributed by atoms with Gasteiger partial charge >= 0.3 is 0 Å². The van der Waals surface area contributed by atoms with Crippen LogP contribution < -0.4 is 4.74 Å². The van der Waals surface area contributed by atoms with E-state index < -0.39 is 0 Å². The summed E-state index contributed by atoms with van der Waals surface area (Å²) in [6.45, 7) is 0. The molecule has 0 unspecified atom stereocenters. The zero-order valence-corrected chi connectivity index (χ0v) is 11.6. The largest absolute Gasteiger partial charge is 0.496 e. The molecule has 2 aromatic heterocycles. The monoisotopic (exact) mass is 282 g/mol. The summed E-state index contributed by atoms with van der Waals surface area (Å²) in [5.41, 5.74) is 3.58. The van der Waals surface area contributed by atoms with E-state index in [0.717, 1.165) is 40.6 Å². The molecule has 2 heterocycles. The van der Waals surface area contributed by atoms with Crippen LogP contribution in [0.25, 0.3) is 22.2 Å². The van der Waals surface area contributed by atoms with Crippen LogP contribution >= 0.6 is 0 Å². The highest BCUT2D eigenvalue weighted by Gasteiger charge is 2.24. The molecule has 0 bridgehead atoms. The number of H-pyrrole nitrogens is 1. The number of ketones is 1. The first-order valence-electron chi connectivity index (χ1n) is 6.92. The van der Waals surface area contributed by atoms with Crippen LogP contribution in [0.3, 0.4) is 0 Å². The second-order valence-corrected chi connectivity index (χ2v) is 5.22. The van der Waals surface area contributed by atoms with Crippen molar-refractivity contribution in [3.63, 3.8) is 0 Å². The van der Waals surface area contributed by atoms with Gasteiger partial charge in [-0.05, 0) is 18.9 Å². The van der Waals surface area contributed by atoms with Crippen molar-refractivity contribution in [2.45, 2.75) is 19.3 Å². The average Bonchev–Trinajstić information content (AvgIpc) is 3.13. The Morgan fingerprint density at radius 3 is 3.00 bits per heavy atom. The van der Waals surface area contributed by atoms with Crippen LogP contribution in [0, 0.1) is 0 Å². The highest BCUT2D eigenvalue weighted by Crippen LogP contribution is 2.37. The fourth-order valence-electron chi connectivity index (χ4n) is 3.04. The van der Waals surface area contributed by atoms with Crippen molar-refractivity contribution in [2.24, 2.45) is 0 Å². The second-order valence-electron chi connectivity index (χ2n) is 5.22. The molecule has 0 atom stereocenters. The molecule has 3 aromatic rings. The maximum Gasteiger partial charge on any atom is 0.181 e. The Morgan fingerprint density at radius 2 is 2.24 bits per heavy atom. The lowest BCUT2D eigenvalue weighted by atomic mass is 9.93. The number of fused-ring (bicyclic) bond motifs is 3. The summed E-state index contributed by atoms with van der Waals surface area (Å²) in [7, 11) is 1.62. The van der Waals surface area contributed by atoms with Crippen molar-refractivity contribution >= 4 is 16.7 Å². The molecule has 5 heteroatoms. The van der Waals surface area contributed by atoms with Crippen LogP contribution in [0.1, 0.15) is 28.9 Å². The number of oxazole rings is 1. The number of ether oxygens (including phenoxy) is 1. The number of Topliss-reactive ketones (excluding diaryl/α,β-unsaturated/α-hetero) is 1. The van der Waals surface area contributed by atoms with Crippen molar-refractivity contribution in [3.05, 3.63) is 36.0 Å². The predicted molar refractivity (Wildman–Crippen MR) is 77.6 cm³/mol. The van der Waals surface area contributed by atoms with Gasteiger partial charge in [0.05, 0.1) is 24.4 Å². The molecule has 0 fully saturated rings. The highest BCUT2D eigenvalue weighted by atomic mass is 16.5. The van der Waals surface area contributed by atoms with E-state index >= 15 is 0 Å².